The lowest BCUT2D eigenvalue weighted by atomic mass is 10.3. The molecule has 0 bridgehead atoms. The van der Waals surface area contributed by atoms with Crippen molar-refractivity contribution in [2.24, 2.45) is 0 Å². The van der Waals surface area contributed by atoms with E-state index in [9.17, 15) is 13.5 Å². The third-order valence-electron chi connectivity index (χ3n) is 2.39. The summed E-state index contributed by atoms with van der Waals surface area (Å²) in [7, 11) is -3.24. The lowest BCUT2D eigenvalue weighted by molar-refractivity contribution is 0.0253. The highest BCUT2D eigenvalue weighted by Gasteiger charge is 2.12. The molecule has 104 valence electrons. The molecule has 0 aliphatic carbocycles. The summed E-state index contributed by atoms with van der Waals surface area (Å²) in [6.07, 6.45) is 5.14. The van der Waals surface area contributed by atoms with Crippen LogP contribution >= 0.6 is 0 Å². The van der Waals surface area contributed by atoms with Crippen LogP contribution in [-0.2, 0) is 21.1 Å². The van der Waals surface area contributed by atoms with Gasteiger partial charge in [0.15, 0.2) is 9.84 Å². The molecule has 6 nitrogen and oxygen atoms in total. The van der Waals surface area contributed by atoms with Gasteiger partial charge in [-0.1, -0.05) is 13.3 Å². The molecule has 1 rings (SSSR count). The van der Waals surface area contributed by atoms with Gasteiger partial charge in [0.05, 0.1) is 25.5 Å². The van der Waals surface area contributed by atoms with Gasteiger partial charge >= 0.3 is 0 Å². The van der Waals surface area contributed by atoms with Crippen molar-refractivity contribution < 1.29 is 18.3 Å². The van der Waals surface area contributed by atoms with E-state index in [0.29, 0.717) is 6.61 Å². The molecule has 1 atom stereocenters. The Morgan fingerprint density at radius 3 is 2.83 bits per heavy atom. The Labute approximate surface area is 107 Å². The smallest absolute Gasteiger partial charge is 0.178 e. The van der Waals surface area contributed by atoms with Gasteiger partial charge in [0.25, 0.3) is 0 Å². The molecule has 0 radical (unpaired) electrons. The average Bonchev–Trinajstić information content (AvgIpc) is 2.72. The van der Waals surface area contributed by atoms with E-state index in [0.717, 1.165) is 19.1 Å². The van der Waals surface area contributed by atoms with Crippen molar-refractivity contribution in [3.05, 3.63) is 12.4 Å². The molecular formula is C11H20N2O4S. The summed E-state index contributed by atoms with van der Waals surface area (Å²) in [6, 6.07) is 0. The summed E-state index contributed by atoms with van der Waals surface area (Å²) < 4.78 is 29.2. The third kappa shape index (κ3) is 5.16. The summed E-state index contributed by atoms with van der Waals surface area (Å²) in [4.78, 5) is 0.154. The largest absolute Gasteiger partial charge is 0.389 e. The molecule has 0 aromatic carbocycles. The first-order valence-electron chi connectivity index (χ1n) is 5.91. The van der Waals surface area contributed by atoms with Gasteiger partial charge in [-0.05, 0) is 6.42 Å². The number of ether oxygens (including phenoxy) is 1. The molecule has 0 fully saturated rings. The molecule has 0 saturated heterocycles. The zero-order valence-electron chi connectivity index (χ0n) is 10.7. The maximum absolute atomic E-state index is 11.2. The third-order valence-corrected chi connectivity index (χ3v) is 3.46. The molecule has 0 amide bonds. The summed E-state index contributed by atoms with van der Waals surface area (Å²) >= 11 is 0. The van der Waals surface area contributed by atoms with Crippen LogP contribution in [0.4, 0.5) is 0 Å². The van der Waals surface area contributed by atoms with E-state index < -0.39 is 15.9 Å². The number of hydrogen-bond donors (Lipinski definition) is 1. The molecule has 18 heavy (non-hydrogen) atoms. The van der Waals surface area contributed by atoms with E-state index in [-0.39, 0.29) is 18.0 Å². The zero-order chi connectivity index (χ0) is 13.6. The Hall–Kier alpha value is -0.920. The highest BCUT2D eigenvalue weighted by atomic mass is 32.2. The minimum atomic E-state index is -3.24. The second kappa shape index (κ2) is 6.86. The topological polar surface area (TPSA) is 81.4 Å². The quantitative estimate of drug-likeness (QED) is 0.698. The SMILES string of the molecule is CCCCOCC(O)Cn1cc(S(C)(=O)=O)cn1. The van der Waals surface area contributed by atoms with E-state index in [1.54, 1.807) is 0 Å². The molecule has 0 aliphatic heterocycles. The van der Waals surface area contributed by atoms with Crippen molar-refractivity contribution in [1.29, 1.82) is 0 Å². The van der Waals surface area contributed by atoms with Crippen LogP contribution in [0.15, 0.2) is 17.3 Å². The van der Waals surface area contributed by atoms with Gasteiger partial charge < -0.3 is 9.84 Å². The fourth-order valence-electron chi connectivity index (χ4n) is 1.37. The van der Waals surface area contributed by atoms with Gasteiger partial charge in [-0.2, -0.15) is 5.10 Å². The van der Waals surface area contributed by atoms with Gasteiger partial charge in [-0.3, -0.25) is 4.68 Å². The number of unbranched alkanes of at least 4 members (excludes halogenated alkanes) is 1. The number of sulfone groups is 1. The molecule has 7 heteroatoms. The van der Waals surface area contributed by atoms with E-state index in [4.69, 9.17) is 4.74 Å². The first-order chi connectivity index (χ1) is 8.43. The van der Waals surface area contributed by atoms with E-state index >= 15 is 0 Å². The van der Waals surface area contributed by atoms with Crippen molar-refractivity contribution in [1.82, 2.24) is 9.78 Å². The van der Waals surface area contributed by atoms with Crippen molar-refractivity contribution >= 4 is 9.84 Å². The number of nitrogens with zero attached hydrogens (tertiary/aromatic N) is 2. The summed E-state index contributed by atoms with van der Waals surface area (Å²) in [5.74, 6) is 0. The molecule has 0 saturated carbocycles. The van der Waals surface area contributed by atoms with E-state index in [2.05, 4.69) is 12.0 Å². The lowest BCUT2D eigenvalue weighted by Crippen LogP contribution is -2.22. The number of hydrogen-bond acceptors (Lipinski definition) is 5. The van der Waals surface area contributed by atoms with Crippen molar-refractivity contribution in [2.75, 3.05) is 19.5 Å². The van der Waals surface area contributed by atoms with Gasteiger partial charge in [0.1, 0.15) is 4.90 Å². The minimum absolute atomic E-state index is 0.154. The predicted molar refractivity (Wildman–Crippen MR) is 67.1 cm³/mol. The van der Waals surface area contributed by atoms with Crippen molar-refractivity contribution in [2.45, 2.75) is 37.3 Å². The number of aliphatic hydroxyl groups excluding tert-OH is 1. The van der Waals surface area contributed by atoms with Crippen LogP contribution in [0.3, 0.4) is 0 Å². The highest BCUT2D eigenvalue weighted by Crippen LogP contribution is 2.06. The standard InChI is InChI=1S/C11H20N2O4S/c1-3-4-5-17-9-10(14)7-13-8-11(6-12-13)18(2,15)16/h6,8,10,14H,3-5,7,9H2,1-2H3. The molecule has 1 heterocycles. The Morgan fingerprint density at radius 2 is 2.28 bits per heavy atom. The van der Waals surface area contributed by atoms with Crippen LogP contribution in [-0.4, -0.2) is 48.9 Å². The Balaban J connectivity index is 2.40. The summed E-state index contributed by atoms with van der Waals surface area (Å²) in [6.45, 7) is 3.15. The first kappa shape index (κ1) is 15.1. The predicted octanol–water partition coefficient (Wildman–Crippen LogP) is 0.464. The summed E-state index contributed by atoms with van der Waals surface area (Å²) in [5.41, 5.74) is 0. The van der Waals surface area contributed by atoms with Crippen LogP contribution < -0.4 is 0 Å². The van der Waals surface area contributed by atoms with Gasteiger partial charge in [0.2, 0.25) is 0 Å². The zero-order valence-corrected chi connectivity index (χ0v) is 11.6. The Bertz CT molecular complexity index is 455. The number of rotatable bonds is 8. The average molecular weight is 276 g/mol. The molecule has 1 unspecified atom stereocenters. The minimum Gasteiger partial charge on any atom is -0.389 e. The van der Waals surface area contributed by atoms with Crippen LogP contribution in [0.2, 0.25) is 0 Å². The highest BCUT2D eigenvalue weighted by molar-refractivity contribution is 7.90. The van der Waals surface area contributed by atoms with Crippen LogP contribution in [0.5, 0.6) is 0 Å². The monoisotopic (exact) mass is 276 g/mol. The van der Waals surface area contributed by atoms with Crippen LogP contribution in [0.1, 0.15) is 19.8 Å². The molecule has 1 aromatic rings. The van der Waals surface area contributed by atoms with E-state index in [1.807, 2.05) is 0 Å². The van der Waals surface area contributed by atoms with Crippen LogP contribution in [0, 0.1) is 0 Å². The summed E-state index contributed by atoms with van der Waals surface area (Å²) in [5, 5.41) is 13.6. The molecule has 1 aromatic heterocycles. The van der Waals surface area contributed by atoms with Crippen molar-refractivity contribution in [3.63, 3.8) is 0 Å². The maximum atomic E-state index is 11.2. The van der Waals surface area contributed by atoms with Gasteiger partial charge in [-0.15, -0.1) is 0 Å². The lowest BCUT2D eigenvalue weighted by Gasteiger charge is -2.10. The fourth-order valence-corrected chi connectivity index (χ4v) is 1.92. The van der Waals surface area contributed by atoms with Crippen LogP contribution in [0.25, 0.3) is 0 Å². The second-order valence-electron chi connectivity index (χ2n) is 4.25. The van der Waals surface area contributed by atoms with Gasteiger partial charge in [0, 0.05) is 19.1 Å². The van der Waals surface area contributed by atoms with Crippen molar-refractivity contribution in [3.8, 4) is 0 Å². The molecule has 0 aliphatic rings. The second-order valence-corrected chi connectivity index (χ2v) is 6.27. The van der Waals surface area contributed by atoms with E-state index in [1.165, 1.54) is 17.1 Å². The number of aromatic nitrogens is 2. The molecular weight excluding hydrogens is 256 g/mol. The first-order valence-corrected chi connectivity index (χ1v) is 7.81. The fraction of sp³-hybridized carbons (Fsp3) is 0.727. The number of aliphatic hydroxyl groups is 1. The maximum Gasteiger partial charge on any atom is 0.178 e. The molecule has 1 N–H and O–H groups in total. The normalized spacial score (nSPS) is 13.7. The molecule has 0 spiro atoms. The van der Waals surface area contributed by atoms with Gasteiger partial charge in [-0.25, -0.2) is 8.42 Å². The Kier molecular flexibility index (Phi) is 5.77. The Morgan fingerprint density at radius 1 is 1.56 bits per heavy atom.